The van der Waals surface area contributed by atoms with Crippen molar-refractivity contribution in [2.45, 2.75) is 6.92 Å². The average molecular weight is 493 g/mol. The summed E-state index contributed by atoms with van der Waals surface area (Å²) in [4.78, 5) is 11.7. The molecule has 2 aromatic carbocycles. The van der Waals surface area contributed by atoms with E-state index < -0.39 is 15.6 Å². The SMILES string of the molecule is COc1cc(C=CS(=O)(=O)/C(=C\C(C)=O)c2cc(OC)c(OC)c(OC)c2)cc(OC)c1OC. The van der Waals surface area contributed by atoms with E-state index >= 15 is 0 Å². The van der Waals surface area contributed by atoms with Gasteiger partial charge in [0.2, 0.25) is 21.3 Å². The molecule has 2 aromatic rings. The molecule has 0 amide bonds. The van der Waals surface area contributed by atoms with E-state index in [0.29, 0.717) is 28.6 Å². The minimum absolute atomic E-state index is 0.194. The van der Waals surface area contributed by atoms with E-state index in [9.17, 15) is 13.2 Å². The van der Waals surface area contributed by atoms with Gasteiger partial charge in [-0.15, -0.1) is 0 Å². The first kappa shape index (κ1) is 26.6. The Bertz CT molecular complexity index is 1160. The fourth-order valence-corrected chi connectivity index (χ4v) is 4.44. The average Bonchev–Trinajstić information content (AvgIpc) is 2.83. The van der Waals surface area contributed by atoms with Gasteiger partial charge in [-0.2, -0.15) is 0 Å². The number of sulfone groups is 1. The van der Waals surface area contributed by atoms with Crippen LogP contribution in [0.1, 0.15) is 18.1 Å². The van der Waals surface area contributed by atoms with Crippen LogP contribution in [0, 0.1) is 0 Å². The van der Waals surface area contributed by atoms with Crippen LogP contribution in [0.5, 0.6) is 34.5 Å². The summed E-state index contributed by atoms with van der Waals surface area (Å²) in [6.07, 6.45) is 2.40. The lowest BCUT2D eigenvalue weighted by molar-refractivity contribution is -0.112. The second-order valence-corrected chi connectivity index (χ2v) is 8.64. The monoisotopic (exact) mass is 492 g/mol. The molecule has 0 fully saturated rings. The fourth-order valence-electron chi connectivity index (χ4n) is 3.18. The zero-order valence-electron chi connectivity index (χ0n) is 20.1. The topological polar surface area (TPSA) is 107 Å². The Kier molecular flexibility index (Phi) is 8.97. The van der Waals surface area contributed by atoms with E-state index in [2.05, 4.69) is 0 Å². The van der Waals surface area contributed by atoms with Crippen molar-refractivity contribution >= 4 is 26.6 Å². The zero-order valence-corrected chi connectivity index (χ0v) is 20.9. The number of benzene rings is 2. The number of hydrogen-bond donors (Lipinski definition) is 0. The van der Waals surface area contributed by atoms with E-state index in [1.165, 1.54) is 67.8 Å². The van der Waals surface area contributed by atoms with Gasteiger partial charge in [0.25, 0.3) is 0 Å². The molecule has 0 heterocycles. The van der Waals surface area contributed by atoms with Crippen LogP contribution in [-0.4, -0.2) is 56.9 Å². The quantitative estimate of drug-likeness (QED) is 0.434. The molecule has 184 valence electrons. The van der Waals surface area contributed by atoms with Crippen molar-refractivity contribution in [3.63, 3.8) is 0 Å². The van der Waals surface area contributed by atoms with Gasteiger partial charge in [-0.25, -0.2) is 8.42 Å². The Morgan fingerprint density at radius 2 is 1.12 bits per heavy atom. The molecule has 0 spiro atoms. The first-order valence-electron chi connectivity index (χ1n) is 9.91. The molecule has 0 N–H and O–H groups in total. The first-order chi connectivity index (χ1) is 16.1. The number of methoxy groups -OCH3 is 6. The first-order valence-corrected chi connectivity index (χ1v) is 11.5. The lowest BCUT2D eigenvalue weighted by atomic mass is 10.1. The highest BCUT2D eigenvalue weighted by atomic mass is 32.2. The predicted molar refractivity (Wildman–Crippen MR) is 129 cm³/mol. The van der Waals surface area contributed by atoms with Crippen LogP contribution in [0.4, 0.5) is 0 Å². The molecule has 9 nitrogen and oxygen atoms in total. The van der Waals surface area contributed by atoms with Gasteiger partial charge in [-0.1, -0.05) is 0 Å². The maximum atomic E-state index is 13.3. The van der Waals surface area contributed by atoms with E-state index in [4.69, 9.17) is 28.4 Å². The van der Waals surface area contributed by atoms with Crippen LogP contribution in [-0.2, 0) is 14.6 Å². The molecule has 0 saturated carbocycles. The maximum absolute atomic E-state index is 13.3. The van der Waals surface area contributed by atoms with Gasteiger partial charge in [0.1, 0.15) is 0 Å². The van der Waals surface area contributed by atoms with Gasteiger partial charge >= 0.3 is 0 Å². The molecule has 34 heavy (non-hydrogen) atoms. The summed E-state index contributed by atoms with van der Waals surface area (Å²) >= 11 is 0. The van der Waals surface area contributed by atoms with Gasteiger partial charge in [-0.3, -0.25) is 4.79 Å². The van der Waals surface area contributed by atoms with Crippen LogP contribution in [0.3, 0.4) is 0 Å². The summed E-state index contributed by atoms with van der Waals surface area (Å²) in [5, 5.41) is 0.992. The number of ether oxygens (including phenoxy) is 6. The van der Waals surface area contributed by atoms with Crippen molar-refractivity contribution in [2.75, 3.05) is 42.7 Å². The Balaban J connectivity index is 2.64. The van der Waals surface area contributed by atoms with Crippen molar-refractivity contribution in [3.8, 4) is 34.5 Å². The Morgan fingerprint density at radius 1 is 0.706 bits per heavy atom. The Labute approximate surface area is 199 Å². The minimum Gasteiger partial charge on any atom is -0.493 e. The van der Waals surface area contributed by atoms with Crippen molar-refractivity contribution in [3.05, 3.63) is 46.9 Å². The highest BCUT2D eigenvalue weighted by Gasteiger charge is 2.23. The molecule has 0 unspecified atom stereocenters. The van der Waals surface area contributed by atoms with Crippen molar-refractivity contribution in [1.82, 2.24) is 0 Å². The van der Waals surface area contributed by atoms with E-state index in [1.54, 1.807) is 12.1 Å². The molecule has 0 saturated heterocycles. The molecule has 0 bridgehead atoms. The standard InChI is InChI=1S/C24H28O9S/c1-15(25)10-22(17-13-20(30-4)24(33-7)21(14-17)31-5)34(26,27)9-8-16-11-18(28-2)23(32-6)19(12-16)29-3/h8-14H,1-7H3/b9-8?,22-10-. The van der Waals surface area contributed by atoms with E-state index in [0.717, 1.165) is 11.5 Å². The molecule has 0 atom stereocenters. The number of carbonyl (C=O) groups is 1. The third-order valence-electron chi connectivity index (χ3n) is 4.72. The van der Waals surface area contributed by atoms with Crippen LogP contribution in [0.25, 0.3) is 11.0 Å². The highest BCUT2D eigenvalue weighted by molar-refractivity contribution is 8.03. The third-order valence-corrected chi connectivity index (χ3v) is 6.18. The molecule has 2 rings (SSSR count). The van der Waals surface area contributed by atoms with Crippen LogP contribution >= 0.6 is 0 Å². The summed E-state index contributed by atoms with van der Waals surface area (Å²) in [7, 11) is 4.54. The number of hydrogen-bond acceptors (Lipinski definition) is 9. The van der Waals surface area contributed by atoms with Gasteiger partial charge in [0, 0.05) is 17.0 Å². The van der Waals surface area contributed by atoms with Crippen LogP contribution in [0.15, 0.2) is 35.7 Å². The fraction of sp³-hybridized carbons (Fsp3) is 0.292. The number of carbonyl (C=O) groups excluding carboxylic acids is 1. The number of rotatable bonds is 11. The van der Waals surface area contributed by atoms with Gasteiger partial charge in [-0.05, 0) is 42.8 Å². The van der Waals surface area contributed by atoms with E-state index in [1.807, 2.05) is 0 Å². The van der Waals surface area contributed by atoms with Crippen molar-refractivity contribution < 1.29 is 41.6 Å². The second-order valence-electron chi connectivity index (χ2n) is 6.84. The van der Waals surface area contributed by atoms with Gasteiger partial charge in [0.15, 0.2) is 28.8 Å². The Morgan fingerprint density at radius 3 is 1.47 bits per heavy atom. The van der Waals surface area contributed by atoms with Crippen molar-refractivity contribution in [2.24, 2.45) is 0 Å². The molecular weight excluding hydrogens is 464 g/mol. The molecule has 0 radical (unpaired) electrons. The molecule has 10 heteroatoms. The molecule has 0 aliphatic heterocycles. The Hall–Kier alpha value is -3.66. The largest absolute Gasteiger partial charge is 0.493 e. The van der Waals surface area contributed by atoms with Gasteiger partial charge < -0.3 is 28.4 Å². The maximum Gasteiger partial charge on any atom is 0.203 e. The molecule has 0 aromatic heterocycles. The highest BCUT2D eigenvalue weighted by Crippen LogP contribution is 2.42. The second kappa shape index (κ2) is 11.5. The normalized spacial score (nSPS) is 11.8. The molecule has 0 aliphatic rings. The van der Waals surface area contributed by atoms with Crippen LogP contribution in [0.2, 0.25) is 0 Å². The lowest BCUT2D eigenvalue weighted by Gasteiger charge is -2.15. The lowest BCUT2D eigenvalue weighted by Crippen LogP contribution is -2.04. The predicted octanol–water partition coefficient (Wildman–Crippen LogP) is 3.75. The third kappa shape index (κ3) is 5.82. The summed E-state index contributed by atoms with van der Waals surface area (Å²) in [5.41, 5.74) is 0.671. The number of ketones is 1. The minimum atomic E-state index is -4.10. The van der Waals surface area contributed by atoms with E-state index in [-0.39, 0.29) is 22.0 Å². The molecule has 0 aliphatic carbocycles. The number of allylic oxidation sites excluding steroid dienone is 1. The van der Waals surface area contributed by atoms with Crippen molar-refractivity contribution in [1.29, 1.82) is 0 Å². The van der Waals surface area contributed by atoms with Gasteiger partial charge in [0.05, 0.1) is 47.6 Å². The molecular formula is C24H28O9S. The summed E-state index contributed by atoms with van der Waals surface area (Å²) in [5.74, 6) is 1.44. The van der Waals surface area contributed by atoms with Crippen LogP contribution < -0.4 is 28.4 Å². The summed E-state index contributed by atoms with van der Waals surface area (Å²) in [6, 6.07) is 6.12. The summed E-state index contributed by atoms with van der Waals surface area (Å²) < 4.78 is 58.5. The summed E-state index contributed by atoms with van der Waals surface area (Å²) in [6.45, 7) is 1.26. The smallest absolute Gasteiger partial charge is 0.203 e. The zero-order chi connectivity index (χ0) is 25.5.